The van der Waals surface area contributed by atoms with E-state index in [9.17, 15) is 9.59 Å². The first kappa shape index (κ1) is 21.7. The van der Waals surface area contributed by atoms with Crippen molar-refractivity contribution in [3.05, 3.63) is 66.4 Å². The fourth-order valence-electron chi connectivity index (χ4n) is 6.92. The standard InChI is InChI=1S/C28H29N3O2S/c32-26(31-28-14-18-11-19(15-28)13-20(12-18)16-28)17-34-25-9-2-1-5-22(25)27(33)30-24-8-3-7-23-21(24)6-4-10-29-23/h1-10,18-20H,11-17H2,(H,30,33)(H,31,32). The molecule has 0 atom stereocenters. The summed E-state index contributed by atoms with van der Waals surface area (Å²) in [6.45, 7) is 0. The van der Waals surface area contributed by atoms with Gasteiger partial charge in [0.05, 0.1) is 22.5 Å². The van der Waals surface area contributed by atoms with E-state index < -0.39 is 0 Å². The molecule has 4 aliphatic carbocycles. The number of thioether (sulfide) groups is 1. The largest absolute Gasteiger partial charge is 0.350 e. The highest BCUT2D eigenvalue weighted by molar-refractivity contribution is 8.00. The van der Waals surface area contributed by atoms with Crippen LogP contribution in [-0.4, -0.2) is 28.1 Å². The molecule has 6 heteroatoms. The van der Waals surface area contributed by atoms with E-state index in [1.54, 1.807) is 6.20 Å². The van der Waals surface area contributed by atoms with Crippen LogP contribution < -0.4 is 10.6 Å². The zero-order valence-electron chi connectivity index (χ0n) is 19.1. The predicted molar refractivity (Wildman–Crippen MR) is 136 cm³/mol. The van der Waals surface area contributed by atoms with Gasteiger partial charge in [-0.3, -0.25) is 14.6 Å². The summed E-state index contributed by atoms with van der Waals surface area (Å²) >= 11 is 1.44. The lowest BCUT2D eigenvalue weighted by Gasteiger charge is -2.56. The molecule has 0 aliphatic heterocycles. The van der Waals surface area contributed by atoms with E-state index in [0.717, 1.165) is 58.5 Å². The maximum atomic E-state index is 13.2. The minimum absolute atomic E-state index is 0.0195. The lowest BCUT2D eigenvalue weighted by Crippen LogP contribution is -2.60. The predicted octanol–water partition coefficient (Wildman–Crippen LogP) is 5.66. The Morgan fingerprint density at radius 1 is 0.912 bits per heavy atom. The molecule has 2 N–H and O–H groups in total. The molecular weight excluding hydrogens is 442 g/mol. The molecule has 4 bridgehead atoms. The summed E-state index contributed by atoms with van der Waals surface area (Å²) in [7, 11) is 0. The highest BCUT2D eigenvalue weighted by Crippen LogP contribution is 2.55. The number of nitrogens with zero attached hydrogens (tertiary/aromatic N) is 1. The summed E-state index contributed by atoms with van der Waals surface area (Å²) in [5.74, 6) is 2.63. The van der Waals surface area contributed by atoms with Crippen LogP contribution in [0.3, 0.4) is 0 Å². The first-order valence-corrected chi connectivity index (χ1v) is 13.2. The van der Waals surface area contributed by atoms with Gasteiger partial charge in [0.25, 0.3) is 5.91 Å². The van der Waals surface area contributed by atoms with Gasteiger partial charge < -0.3 is 10.6 Å². The summed E-state index contributed by atoms with van der Waals surface area (Å²) in [4.78, 5) is 31.3. The maximum absolute atomic E-state index is 13.2. The number of amides is 2. The van der Waals surface area contributed by atoms with Gasteiger partial charge in [-0.25, -0.2) is 0 Å². The van der Waals surface area contributed by atoms with Gasteiger partial charge in [0.2, 0.25) is 5.91 Å². The average molecular weight is 472 g/mol. The zero-order chi connectivity index (χ0) is 23.1. The Hall–Kier alpha value is -2.86. The third-order valence-electron chi connectivity index (χ3n) is 7.83. The van der Waals surface area contributed by atoms with Crippen LogP contribution in [-0.2, 0) is 4.79 Å². The summed E-state index contributed by atoms with van der Waals surface area (Å²) in [5, 5.41) is 7.38. The Kier molecular flexibility index (Phi) is 5.56. The van der Waals surface area contributed by atoms with E-state index >= 15 is 0 Å². The van der Waals surface area contributed by atoms with E-state index in [0.29, 0.717) is 11.3 Å². The molecule has 0 saturated heterocycles. The zero-order valence-corrected chi connectivity index (χ0v) is 19.9. The van der Waals surface area contributed by atoms with Gasteiger partial charge in [-0.05, 0) is 92.7 Å². The van der Waals surface area contributed by atoms with E-state index in [1.165, 1.54) is 31.0 Å². The molecule has 7 rings (SSSR count). The van der Waals surface area contributed by atoms with Crippen LogP contribution in [0.1, 0.15) is 48.9 Å². The number of carbonyl (C=O) groups excluding carboxylic acids is 2. The molecule has 4 aliphatic rings. The van der Waals surface area contributed by atoms with E-state index in [2.05, 4.69) is 15.6 Å². The lowest BCUT2D eigenvalue weighted by atomic mass is 9.53. The van der Waals surface area contributed by atoms with E-state index in [-0.39, 0.29) is 17.4 Å². The number of hydrogen-bond acceptors (Lipinski definition) is 4. The minimum Gasteiger partial charge on any atom is -0.350 e. The van der Waals surface area contributed by atoms with Crippen molar-refractivity contribution >= 4 is 40.2 Å². The lowest BCUT2D eigenvalue weighted by molar-refractivity contribution is -0.124. The number of rotatable bonds is 6. The van der Waals surface area contributed by atoms with Crippen LogP contribution in [0.25, 0.3) is 10.9 Å². The van der Waals surface area contributed by atoms with E-state index in [1.807, 2.05) is 54.6 Å². The highest BCUT2D eigenvalue weighted by Gasteiger charge is 2.51. The van der Waals surface area contributed by atoms with Crippen LogP contribution in [0.15, 0.2) is 65.7 Å². The average Bonchev–Trinajstić information content (AvgIpc) is 2.82. The normalized spacial score (nSPS) is 27.0. The van der Waals surface area contributed by atoms with Gasteiger partial charge in [0.1, 0.15) is 0 Å². The van der Waals surface area contributed by atoms with Gasteiger partial charge >= 0.3 is 0 Å². The molecule has 5 nitrogen and oxygen atoms in total. The van der Waals surface area contributed by atoms with Crippen LogP contribution in [0.5, 0.6) is 0 Å². The van der Waals surface area contributed by atoms with Crippen molar-refractivity contribution in [2.24, 2.45) is 17.8 Å². The Balaban J connectivity index is 1.13. The Labute approximate surface area is 204 Å². The smallest absolute Gasteiger partial charge is 0.256 e. The van der Waals surface area contributed by atoms with Crippen molar-refractivity contribution in [3.8, 4) is 0 Å². The Bertz CT molecular complexity index is 1220. The molecule has 1 aromatic heterocycles. The molecule has 0 radical (unpaired) electrons. The number of hydrogen-bond donors (Lipinski definition) is 2. The number of benzene rings is 2. The first-order chi connectivity index (χ1) is 16.6. The summed E-state index contributed by atoms with van der Waals surface area (Å²) in [5.41, 5.74) is 2.17. The Morgan fingerprint density at radius 2 is 1.65 bits per heavy atom. The minimum atomic E-state index is -0.180. The van der Waals surface area contributed by atoms with Crippen molar-refractivity contribution in [3.63, 3.8) is 0 Å². The van der Waals surface area contributed by atoms with Crippen LogP contribution >= 0.6 is 11.8 Å². The van der Waals surface area contributed by atoms with Crippen molar-refractivity contribution in [1.82, 2.24) is 10.3 Å². The van der Waals surface area contributed by atoms with Crippen LogP contribution in [0.2, 0.25) is 0 Å². The molecule has 2 amide bonds. The number of carbonyl (C=O) groups is 2. The van der Waals surface area contributed by atoms with Gasteiger partial charge in [0.15, 0.2) is 0 Å². The van der Waals surface area contributed by atoms with Gasteiger partial charge in [0, 0.05) is 22.0 Å². The molecule has 2 aromatic carbocycles. The molecule has 1 heterocycles. The second kappa shape index (κ2) is 8.73. The summed E-state index contributed by atoms with van der Waals surface area (Å²) in [6.07, 6.45) is 9.27. The fraction of sp³-hybridized carbons (Fsp3) is 0.393. The van der Waals surface area contributed by atoms with Gasteiger partial charge in [-0.15, -0.1) is 11.8 Å². The first-order valence-electron chi connectivity index (χ1n) is 12.2. The number of fused-ring (bicyclic) bond motifs is 1. The fourth-order valence-corrected chi connectivity index (χ4v) is 7.77. The molecule has 0 unspecified atom stereocenters. The van der Waals surface area contributed by atoms with E-state index in [4.69, 9.17) is 0 Å². The van der Waals surface area contributed by atoms with Crippen molar-refractivity contribution in [1.29, 1.82) is 0 Å². The monoisotopic (exact) mass is 471 g/mol. The molecule has 3 aromatic rings. The Morgan fingerprint density at radius 3 is 2.41 bits per heavy atom. The third kappa shape index (κ3) is 4.20. The SMILES string of the molecule is O=C(CSc1ccccc1C(=O)Nc1cccc2ncccc12)NC12CC3CC(CC(C3)C1)C2. The molecule has 4 saturated carbocycles. The van der Waals surface area contributed by atoms with Gasteiger partial charge in [-0.2, -0.15) is 0 Å². The molecule has 34 heavy (non-hydrogen) atoms. The third-order valence-corrected chi connectivity index (χ3v) is 8.90. The number of aromatic nitrogens is 1. The summed E-state index contributed by atoms with van der Waals surface area (Å²) < 4.78 is 0. The van der Waals surface area contributed by atoms with Crippen LogP contribution in [0.4, 0.5) is 5.69 Å². The molecule has 174 valence electrons. The number of pyridine rings is 1. The second-order valence-corrected chi connectivity index (χ2v) is 11.4. The molecular formula is C28H29N3O2S. The second-order valence-electron chi connectivity index (χ2n) is 10.4. The maximum Gasteiger partial charge on any atom is 0.256 e. The number of nitrogens with one attached hydrogen (secondary N) is 2. The van der Waals surface area contributed by atoms with Crippen LogP contribution in [0, 0.1) is 17.8 Å². The highest BCUT2D eigenvalue weighted by atomic mass is 32.2. The topological polar surface area (TPSA) is 71.1 Å². The molecule has 4 fully saturated rings. The van der Waals surface area contributed by atoms with Crippen molar-refractivity contribution in [2.45, 2.75) is 49.0 Å². The van der Waals surface area contributed by atoms with Gasteiger partial charge in [-0.1, -0.05) is 18.2 Å². The number of anilines is 1. The van der Waals surface area contributed by atoms with Crippen molar-refractivity contribution < 1.29 is 9.59 Å². The molecule has 0 spiro atoms. The van der Waals surface area contributed by atoms with Crippen molar-refractivity contribution in [2.75, 3.05) is 11.1 Å². The summed E-state index contributed by atoms with van der Waals surface area (Å²) in [6, 6.07) is 17.0. The quantitative estimate of drug-likeness (QED) is 0.455.